The highest BCUT2D eigenvalue weighted by Gasteiger charge is 2.22. The second-order valence-corrected chi connectivity index (χ2v) is 6.21. The van der Waals surface area contributed by atoms with Crippen molar-refractivity contribution in [3.05, 3.63) is 71.4 Å². The SMILES string of the molecule is C=CCOc1ccc2c(c1)c(C(=O)OCC)c(C)n2-c1ccc(Cl)cc1. The number of esters is 1. The molecule has 1 aromatic heterocycles. The summed E-state index contributed by atoms with van der Waals surface area (Å²) in [6, 6.07) is 13.2. The van der Waals surface area contributed by atoms with Gasteiger partial charge < -0.3 is 14.0 Å². The molecule has 0 saturated heterocycles. The summed E-state index contributed by atoms with van der Waals surface area (Å²) in [6.45, 7) is 8.08. The minimum atomic E-state index is -0.344. The summed E-state index contributed by atoms with van der Waals surface area (Å²) in [6.07, 6.45) is 1.68. The third-order valence-corrected chi connectivity index (χ3v) is 4.36. The van der Waals surface area contributed by atoms with E-state index in [1.54, 1.807) is 13.0 Å². The largest absolute Gasteiger partial charge is 0.490 e. The Morgan fingerprint density at radius 3 is 2.62 bits per heavy atom. The van der Waals surface area contributed by atoms with Crippen molar-refractivity contribution in [2.45, 2.75) is 13.8 Å². The van der Waals surface area contributed by atoms with E-state index < -0.39 is 0 Å². The van der Waals surface area contributed by atoms with Crippen LogP contribution in [-0.4, -0.2) is 23.8 Å². The van der Waals surface area contributed by atoms with E-state index in [-0.39, 0.29) is 5.97 Å². The number of halogens is 1. The van der Waals surface area contributed by atoms with Crippen LogP contribution in [0.15, 0.2) is 55.1 Å². The molecule has 26 heavy (non-hydrogen) atoms. The van der Waals surface area contributed by atoms with E-state index >= 15 is 0 Å². The third-order valence-electron chi connectivity index (χ3n) is 4.11. The first kappa shape index (κ1) is 18.1. The molecular weight excluding hydrogens is 350 g/mol. The van der Waals surface area contributed by atoms with Gasteiger partial charge in [-0.3, -0.25) is 0 Å². The first-order valence-electron chi connectivity index (χ1n) is 8.38. The zero-order valence-electron chi connectivity index (χ0n) is 14.8. The summed E-state index contributed by atoms with van der Waals surface area (Å²) < 4.78 is 12.9. The second kappa shape index (κ2) is 7.67. The van der Waals surface area contributed by atoms with Gasteiger partial charge in [0.2, 0.25) is 0 Å². The molecule has 0 spiro atoms. The number of benzene rings is 2. The van der Waals surface area contributed by atoms with Gasteiger partial charge in [-0.25, -0.2) is 4.79 Å². The highest BCUT2D eigenvalue weighted by atomic mass is 35.5. The molecule has 0 aliphatic rings. The minimum absolute atomic E-state index is 0.318. The maximum absolute atomic E-state index is 12.6. The molecule has 0 amide bonds. The average Bonchev–Trinajstić information content (AvgIpc) is 2.92. The van der Waals surface area contributed by atoms with E-state index in [0.717, 1.165) is 22.3 Å². The number of hydrogen-bond donors (Lipinski definition) is 0. The number of carbonyl (C=O) groups excluding carboxylic acids is 1. The maximum Gasteiger partial charge on any atom is 0.340 e. The van der Waals surface area contributed by atoms with Crippen molar-refractivity contribution in [3.8, 4) is 11.4 Å². The zero-order chi connectivity index (χ0) is 18.7. The molecule has 0 atom stereocenters. The highest BCUT2D eigenvalue weighted by molar-refractivity contribution is 6.30. The van der Waals surface area contributed by atoms with Crippen LogP contribution in [0.25, 0.3) is 16.6 Å². The lowest BCUT2D eigenvalue weighted by Gasteiger charge is -2.09. The van der Waals surface area contributed by atoms with Gasteiger partial charge in [0, 0.05) is 21.8 Å². The van der Waals surface area contributed by atoms with Crippen molar-refractivity contribution in [1.29, 1.82) is 0 Å². The van der Waals surface area contributed by atoms with Crippen LogP contribution >= 0.6 is 11.6 Å². The lowest BCUT2D eigenvalue weighted by Crippen LogP contribution is -2.07. The molecule has 0 bridgehead atoms. The molecule has 0 N–H and O–H groups in total. The Kier molecular flexibility index (Phi) is 5.33. The monoisotopic (exact) mass is 369 g/mol. The molecule has 134 valence electrons. The summed E-state index contributed by atoms with van der Waals surface area (Å²) >= 11 is 6.02. The smallest absolute Gasteiger partial charge is 0.340 e. The summed E-state index contributed by atoms with van der Waals surface area (Å²) in [5, 5.41) is 1.45. The van der Waals surface area contributed by atoms with Crippen molar-refractivity contribution in [2.75, 3.05) is 13.2 Å². The molecule has 5 heteroatoms. The van der Waals surface area contributed by atoms with Crippen LogP contribution < -0.4 is 4.74 Å². The maximum atomic E-state index is 12.6. The lowest BCUT2D eigenvalue weighted by molar-refractivity contribution is 0.0527. The van der Waals surface area contributed by atoms with E-state index in [4.69, 9.17) is 21.1 Å². The molecule has 4 nitrogen and oxygen atoms in total. The van der Waals surface area contributed by atoms with E-state index in [0.29, 0.717) is 29.5 Å². The van der Waals surface area contributed by atoms with Crippen molar-refractivity contribution in [2.24, 2.45) is 0 Å². The Labute approximate surface area is 157 Å². The highest BCUT2D eigenvalue weighted by Crippen LogP contribution is 2.33. The fraction of sp³-hybridized carbons (Fsp3) is 0.190. The van der Waals surface area contributed by atoms with Gasteiger partial charge in [0.1, 0.15) is 12.4 Å². The van der Waals surface area contributed by atoms with Crippen LogP contribution in [0.2, 0.25) is 5.02 Å². The molecule has 1 heterocycles. The molecule has 0 fully saturated rings. The molecule has 0 aliphatic heterocycles. The number of hydrogen-bond acceptors (Lipinski definition) is 3. The fourth-order valence-corrected chi connectivity index (χ4v) is 3.15. The fourth-order valence-electron chi connectivity index (χ4n) is 3.03. The number of aromatic nitrogens is 1. The first-order chi connectivity index (χ1) is 12.6. The van der Waals surface area contributed by atoms with E-state index in [1.807, 2.05) is 54.0 Å². The number of ether oxygens (including phenoxy) is 2. The molecular formula is C21H20ClNO3. The van der Waals surface area contributed by atoms with Crippen LogP contribution in [0.4, 0.5) is 0 Å². The normalized spacial score (nSPS) is 10.7. The quantitative estimate of drug-likeness (QED) is 0.435. The Morgan fingerprint density at radius 2 is 1.96 bits per heavy atom. The standard InChI is InChI=1S/C21H20ClNO3/c1-4-12-26-17-10-11-19-18(13-17)20(21(24)25-5-2)14(3)23(19)16-8-6-15(22)7-9-16/h4,6-11,13H,1,5,12H2,2-3H3. The third kappa shape index (κ3) is 3.33. The Balaban J connectivity index is 2.24. The van der Waals surface area contributed by atoms with Gasteiger partial charge in [-0.1, -0.05) is 24.3 Å². The average molecular weight is 370 g/mol. The molecule has 0 radical (unpaired) electrons. The number of rotatable bonds is 6. The van der Waals surface area contributed by atoms with Crippen molar-refractivity contribution in [3.63, 3.8) is 0 Å². The van der Waals surface area contributed by atoms with Crippen LogP contribution in [0, 0.1) is 6.92 Å². The van der Waals surface area contributed by atoms with Crippen LogP contribution in [0.1, 0.15) is 23.0 Å². The zero-order valence-corrected chi connectivity index (χ0v) is 15.5. The van der Waals surface area contributed by atoms with E-state index in [9.17, 15) is 4.79 Å². The second-order valence-electron chi connectivity index (χ2n) is 5.77. The minimum Gasteiger partial charge on any atom is -0.490 e. The molecule has 3 aromatic rings. The van der Waals surface area contributed by atoms with Gasteiger partial charge in [-0.15, -0.1) is 0 Å². The summed E-state index contributed by atoms with van der Waals surface area (Å²) in [7, 11) is 0. The number of carbonyl (C=O) groups is 1. The summed E-state index contributed by atoms with van der Waals surface area (Å²) in [5.74, 6) is 0.333. The van der Waals surface area contributed by atoms with Crippen molar-refractivity contribution >= 4 is 28.5 Å². The van der Waals surface area contributed by atoms with Crippen LogP contribution in [0.3, 0.4) is 0 Å². The molecule has 0 aliphatic carbocycles. The predicted molar refractivity (Wildman–Crippen MR) is 105 cm³/mol. The Hall–Kier alpha value is -2.72. The molecule has 0 saturated carbocycles. The Bertz CT molecular complexity index is 958. The summed E-state index contributed by atoms with van der Waals surface area (Å²) in [5.41, 5.74) is 3.17. The molecule has 0 unspecified atom stereocenters. The molecule has 3 rings (SSSR count). The first-order valence-corrected chi connectivity index (χ1v) is 8.76. The van der Waals surface area contributed by atoms with E-state index in [2.05, 4.69) is 6.58 Å². The summed E-state index contributed by atoms with van der Waals surface area (Å²) in [4.78, 5) is 12.6. The van der Waals surface area contributed by atoms with Crippen LogP contribution in [-0.2, 0) is 4.74 Å². The predicted octanol–water partition coefficient (Wildman–Crippen LogP) is 5.33. The van der Waals surface area contributed by atoms with Gasteiger partial charge in [0.15, 0.2) is 0 Å². The lowest BCUT2D eigenvalue weighted by atomic mass is 10.1. The topological polar surface area (TPSA) is 40.5 Å². The molecule has 2 aromatic carbocycles. The van der Waals surface area contributed by atoms with Gasteiger partial charge in [0.05, 0.1) is 17.7 Å². The van der Waals surface area contributed by atoms with Crippen molar-refractivity contribution in [1.82, 2.24) is 4.57 Å². The van der Waals surface area contributed by atoms with Gasteiger partial charge in [-0.2, -0.15) is 0 Å². The number of fused-ring (bicyclic) bond motifs is 1. The van der Waals surface area contributed by atoms with Crippen molar-refractivity contribution < 1.29 is 14.3 Å². The van der Waals surface area contributed by atoms with Gasteiger partial charge in [-0.05, 0) is 56.3 Å². The van der Waals surface area contributed by atoms with Gasteiger partial charge >= 0.3 is 5.97 Å². The Morgan fingerprint density at radius 1 is 1.23 bits per heavy atom. The number of nitrogens with zero attached hydrogens (tertiary/aromatic N) is 1. The van der Waals surface area contributed by atoms with Gasteiger partial charge in [0.25, 0.3) is 0 Å². The van der Waals surface area contributed by atoms with Crippen LogP contribution in [0.5, 0.6) is 5.75 Å². The van der Waals surface area contributed by atoms with E-state index in [1.165, 1.54) is 0 Å².